The Morgan fingerprint density at radius 2 is 1.70 bits per heavy atom. The van der Waals surface area contributed by atoms with E-state index in [1.807, 2.05) is 6.07 Å². The first-order valence-electron chi connectivity index (χ1n) is 11.1. The molecule has 1 aliphatic rings. The fraction of sp³-hybridized carbons (Fsp3) is 0.143. The van der Waals surface area contributed by atoms with Gasteiger partial charge in [0.25, 0.3) is 5.91 Å². The second-order valence-electron chi connectivity index (χ2n) is 8.10. The van der Waals surface area contributed by atoms with Gasteiger partial charge in [-0.3, -0.25) is 14.5 Å². The fourth-order valence-corrected chi connectivity index (χ4v) is 4.12. The van der Waals surface area contributed by atoms with Gasteiger partial charge in [-0.15, -0.1) is 0 Å². The van der Waals surface area contributed by atoms with Gasteiger partial charge < -0.3 is 14.6 Å². The third-order valence-corrected chi connectivity index (χ3v) is 5.89. The highest BCUT2D eigenvalue weighted by atomic mass is 19.4. The predicted molar refractivity (Wildman–Crippen MR) is 131 cm³/mol. The van der Waals surface area contributed by atoms with Crippen molar-refractivity contribution in [1.82, 2.24) is 0 Å². The van der Waals surface area contributed by atoms with Gasteiger partial charge in [0.1, 0.15) is 11.5 Å². The zero-order valence-electron chi connectivity index (χ0n) is 19.8. The number of allylic oxidation sites excluding steroid dienone is 1. The Morgan fingerprint density at radius 3 is 2.35 bits per heavy atom. The highest BCUT2D eigenvalue weighted by Gasteiger charge is 2.45. The number of benzene rings is 3. The molecule has 6 nitrogen and oxygen atoms in total. The molecule has 37 heavy (non-hydrogen) atoms. The van der Waals surface area contributed by atoms with E-state index in [1.165, 1.54) is 44.6 Å². The smallest absolute Gasteiger partial charge is 0.416 e. The minimum absolute atomic E-state index is 0.149. The van der Waals surface area contributed by atoms with Crippen LogP contribution in [0.2, 0.25) is 0 Å². The molecule has 0 aromatic heterocycles. The van der Waals surface area contributed by atoms with E-state index in [9.17, 15) is 27.9 Å². The van der Waals surface area contributed by atoms with Gasteiger partial charge in [-0.1, -0.05) is 42.5 Å². The van der Waals surface area contributed by atoms with Crippen molar-refractivity contribution in [3.63, 3.8) is 0 Å². The van der Waals surface area contributed by atoms with Crippen molar-refractivity contribution in [3.05, 3.63) is 107 Å². The van der Waals surface area contributed by atoms with E-state index in [4.69, 9.17) is 9.47 Å². The zero-order valence-corrected chi connectivity index (χ0v) is 19.8. The Kier molecular flexibility index (Phi) is 7.06. The Balaban J connectivity index is 1.87. The number of carbonyl (C=O) groups excluding carboxylic acids is 2. The molecule has 0 radical (unpaired) electrons. The molecular formula is C28H22F3NO5. The summed E-state index contributed by atoms with van der Waals surface area (Å²) in [5.41, 5.74) is -0.452. The van der Waals surface area contributed by atoms with E-state index in [0.29, 0.717) is 11.3 Å². The van der Waals surface area contributed by atoms with E-state index in [2.05, 4.69) is 0 Å². The topological polar surface area (TPSA) is 76.1 Å². The Morgan fingerprint density at radius 1 is 0.973 bits per heavy atom. The SMILES string of the molecule is COc1ccc([C@@H]2C(C(=O)/C=C/c3ccccc3)=C(O)C(=O)N2c2cccc(C(F)(F)F)c2)c(OC)c1. The maximum Gasteiger partial charge on any atom is 0.416 e. The molecule has 0 saturated heterocycles. The molecule has 3 aromatic rings. The number of amides is 1. The molecule has 0 saturated carbocycles. The van der Waals surface area contributed by atoms with Crippen LogP contribution in [-0.4, -0.2) is 31.0 Å². The second kappa shape index (κ2) is 10.2. The van der Waals surface area contributed by atoms with Crippen molar-refractivity contribution in [2.45, 2.75) is 12.2 Å². The van der Waals surface area contributed by atoms with Crippen molar-refractivity contribution in [1.29, 1.82) is 0 Å². The first kappa shape index (κ1) is 25.6. The fourth-order valence-electron chi connectivity index (χ4n) is 4.12. The molecule has 190 valence electrons. The van der Waals surface area contributed by atoms with E-state index in [1.54, 1.807) is 30.3 Å². The monoisotopic (exact) mass is 509 g/mol. The number of aliphatic hydroxyl groups is 1. The molecular weight excluding hydrogens is 487 g/mol. The lowest BCUT2D eigenvalue weighted by Gasteiger charge is -2.28. The standard InChI is InChI=1S/C28H22F3NO5/c1-36-20-12-13-21(23(16-20)37-2)25-24(22(33)14-11-17-7-4-3-5-8-17)26(34)27(35)32(25)19-10-6-9-18(15-19)28(29,30)31/h3-16,25,34H,1-2H3/b14-11+/t25-/m1/s1. The number of aliphatic hydroxyl groups excluding tert-OH is 1. The molecule has 1 N–H and O–H groups in total. The number of rotatable bonds is 7. The van der Waals surface area contributed by atoms with E-state index >= 15 is 0 Å². The van der Waals surface area contributed by atoms with Crippen molar-refractivity contribution < 1.29 is 37.3 Å². The van der Waals surface area contributed by atoms with Gasteiger partial charge in [0.05, 0.1) is 31.4 Å². The molecule has 1 atom stereocenters. The molecule has 1 amide bonds. The minimum Gasteiger partial charge on any atom is -0.503 e. The number of hydrogen-bond acceptors (Lipinski definition) is 5. The molecule has 0 unspecified atom stereocenters. The van der Waals surface area contributed by atoms with E-state index in [-0.39, 0.29) is 22.6 Å². The van der Waals surface area contributed by atoms with Crippen LogP contribution in [0.1, 0.15) is 22.7 Å². The Hall–Kier alpha value is -4.53. The lowest BCUT2D eigenvalue weighted by Crippen LogP contribution is -2.31. The van der Waals surface area contributed by atoms with Gasteiger partial charge in [-0.2, -0.15) is 13.2 Å². The number of hydrogen-bond donors (Lipinski definition) is 1. The quantitative estimate of drug-likeness (QED) is 0.401. The Bertz CT molecular complexity index is 1400. The first-order chi connectivity index (χ1) is 17.7. The number of halogens is 3. The van der Waals surface area contributed by atoms with Crippen LogP contribution in [-0.2, 0) is 15.8 Å². The average Bonchev–Trinajstić information content (AvgIpc) is 3.17. The zero-order chi connectivity index (χ0) is 26.7. The van der Waals surface area contributed by atoms with Crippen molar-refractivity contribution in [2.24, 2.45) is 0 Å². The number of anilines is 1. The summed E-state index contributed by atoms with van der Waals surface area (Å²) >= 11 is 0. The summed E-state index contributed by atoms with van der Waals surface area (Å²) < 4.78 is 51.0. The number of alkyl halides is 3. The third kappa shape index (κ3) is 5.06. The molecule has 0 bridgehead atoms. The number of carbonyl (C=O) groups is 2. The molecule has 3 aromatic carbocycles. The largest absolute Gasteiger partial charge is 0.503 e. The summed E-state index contributed by atoms with van der Waals surface area (Å²) in [6, 6.07) is 16.3. The van der Waals surface area contributed by atoms with Crippen LogP contribution in [0.3, 0.4) is 0 Å². The lowest BCUT2D eigenvalue weighted by atomic mass is 9.94. The number of nitrogens with zero attached hydrogens (tertiary/aromatic N) is 1. The molecule has 0 fully saturated rings. The predicted octanol–water partition coefficient (Wildman–Crippen LogP) is 5.91. The maximum atomic E-state index is 13.5. The maximum absolute atomic E-state index is 13.5. The second-order valence-corrected chi connectivity index (χ2v) is 8.10. The first-order valence-corrected chi connectivity index (χ1v) is 11.1. The van der Waals surface area contributed by atoms with Gasteiger partial charge in [-0.25, -0.2) is 0 Å². The molecule has 4 rings (SSSR count). The number of ketones is 1. The summed E-state index contributed by atoms with van der Waals surface area (Å²) in [6.45, 7) is 0. The third-order valence-electron chi connectivity index (χ3n) is 5.89. The van der Waals surface area contributed by atoms with Crippen LogP contribution in [0.4, 0.5) is 18.9 Å². The molecule has 0 spiro atoms. The van der Waals surface area contributed by atoms with Crippen LogP contribution in [0.5, 0.6) is 11.5 Å². The van der Waals surface area contributed by atoms with Crippen LogP contribution < -0.4 is 14.4 Å². The lowest BCUT2D eigenvalue weighted by molar-refractivity contribution is -0.137. The number of ether oxygens (including phenoxy) is 2. The van der Waals surface area contributed by atoms with Gasteiger partial charge in [0.15, 0.2) is 11.5 Å². The van der Waals surface area contributed by atoms with Crippen LogP contribution in [0.15, 0.2) is 90.2 Å². The van der Waals surface area contributed by atoms with Crippen LogP contribution >= 0.6 is 0 Å². The summed E-state index contributed by atoms with van der Waals surface area (Å²) in [6.07, 6.45) is -1.95. The normalized spacial score (nSPS) is 16.0. The van der Waals surface area contributed by atoms with Gasteiger partial charge in [0, 0.05) is 17.3 Å². The van der Waals surface area contributed by atoms with Gasteiger partial charge >= 0.3 is 6.18 Å². The van der Waals surface area contributed by atoms with Gasteiger partial charge in [-0.05, 0) is 42.0 Å². The van der Waals surface area contributed by atoms with Crippen molar-refractivity contribution in [3.8, 4) is 11.5 Å². The van der Waals surface area contributed by atoms with E-state index < -0.39 is 35.2 Å². The van der Waals surface area contributed by atoms with Crippen molar-refractivity contribution >= 4 is 23.5 Å². The Labute approximate surface area is 210 Å². The number of methoxy groups -OCH3 is 2. The molecule has 9 heteroatoms. The van der Waals surface area contributed by atoms with E-state index in [0.717, 1.165) is 23.1 Å². The minimum atomic E-state index is -4.67. The average molecular weight is 509 g/mol. The highest BCUT2D eigenvalue weighted by Crippen LogP contribution is 2.45. The van der Waals surface area contributed by atoms with Crippen molar-refractivity contribution in [2.75, 3.05) is 19.1 Å². The summed E-state index contributed by atoms with van der Waals surface area (Å²) in [5, 5.41) is 10.8. The molecule has 1 heterocycles. The summed E-state index contributed by atoms with van der Waals surface area (Å²) in [7, 11) is 2.81. The molecule has 1 aliphatic heterocycles. The van der Waals surface area contributed by atoms with Gasteiger partial charge in [0.2, 0.25) is 0 Å². The highest BCUT2D eigenvalue weighted by molar-refractivity contribution is 6.20. The summed E-state index contributed by atoms with van der Waals surface area (Å²) in [5.74, 6) is -1.93. The summed E-state index contributed by atoms with van der Waals surface area (Å²) in [4.78, 5) is 27.6. The van der Waals surface area contributed by atoms with Crippen LogP contribution in [0, 0.1) is 0 Å². The van der Waals surface area contributed by atoms with Crippen LogP contribution in [0.25, 0.3) is 6.08 Å². The molecule has 0 aliphatic carbocycles.